The molecule has 1 aliphatic rings. The molecule has 0 aromatic carbocycles. The molecule has 0 radical (unpaired) electrons. The predicted molar refractivity (Wildman–Crippen MR) is 76.3 cm³/mol. The van der Waals surface area contributed by atoms with Gasteiger partial charge in [-0.1, -0.05) is 0 Å². The summed E-state index contributed by atoms with van der Waals surface area (Å²) in [5.41, 5.74) is 7.26. The molecule has 1 saturated heterocycles. The number of hydrogen-bond donors (Lipinski definition) is 1. The van der Waals surface area contributed by atoms with Gasteiger partial charge in [0.05, 0.1) is 11.2 Å². The molecule has 0 atom stereocenters. The van der Waals surface area contributed by atoms with Crippen LogP contribution in [0.3, 0.4) is 0 Å². The summed E-state index contributed by atoms with van der Waals surface area (Å²) in [5, 5.41) is 0. The summed E-state index contributed by atoms with van der Waals surface area (Å²) in [5.74, 6) is 0. The van der Waals surface area contributed by atoms with Crippen LogP contribution in [-0.4, -0.2) is 25.0 Å². The Bertz CT molecular complexity index is 391. The number of rotatable bonds is 3. The standard InChI is InChI=1S/C13H23BN2O2/c1-9(15)8-11(10(2)16-7)14-17-12(3,4)13(5,6)18-14/h8H,7,15H2,1-6H3/b9-8+,11-10+. The van der Waals surface area contributed by atoms with Crippen LogP contribution in [0.15, 0.2) is 27.9 Å². The van der Waals surface area contributed by atoms with E-state index < -0.39 is 7.12 Å². The molecule has 5 heteroatoms. The maximum Gasteiger partial charge on any atom is 0.496 e. The summed E-state index contributed by atoms with van der Waals surface area (Å²) in [4.78, 5) is 3.95. The largest absolute Gasteiger partial charge is 0.496 e. The Morgan fingerprint density at radius 2 is 1.61 bits per heavy atom. The van der Waals surface area contributed by atoms with Crippen molar-refractivity contribution in [3.05, 3.63) is 22.9 Å². The van der Waals surface area contributed by atoms with Gasteiger partial charge in [0.1, 0.15) is 0 Å². The van der Waals surface area contributed by atoms with E-state index in [0.717, 1.165) is 11.2 Å². The monoisotopic (exact) mass is 250 g/mol. The molecule has 0 saturated carbocycles. The van der Waals surface area contributed by atoms with Crippen molar-refractivity contribution in [3.63, 3.8) is 0 Å². The van der Waals surface area contributed by atoms with Gasteiger partial charge in [0.25, 0.3) is 0 Å². The van der Waals surface area contributed by atoms with Gasteiger partial charge < -0.3 is 15.0 Å². The van der Waals surface area contributed by atoms with Crippen LogP contribution in [0.2, 0.25) is 0 Å². The first-order valence-corrected chi connectivity index (χ1v) is 6.07. The van der Waals surface area contributed by atoms with Crippen LogP contribution >= 0.6 is 0 Å². The summed E-state index contributed by atoms with van der Waals surface area (Å²) in [7, 11) is -0.459. The molecule has 100 valence electrons. The van der Waals surface area contributed by atoms with Crippen LogP contribution in [0.25, 0.3) is 0 Å². The van der Waals surface area contributed by atoms with Gasteiger partial charge in [-0.3, -0.25) is 4.99 Å². The Hall–Kier alpha value is -1.07. The first-order valence-electron chi connectivity index (χ1n) is 6.07. The molecule has 1 fully saturated rings. The van der Waals surface area contributed by atoms with Gasteiger partial charge in [-0.2, -0.15) is 0 Å². The van der Waals surface area contributed by atoms with Gasteiger partial charge >= 0.3 is 7.12 Å². The highest BCUT2D eigenvalue weighted by molar-refractivity contribution is 6.55. The highest BCUT2D eigenvalue weighted by Gasteiger charge is 2.52. The van der Waals surface area contributed by atoms with Crippen molar-refractivity contribution in [2.75, 3.05) is 0 Å². The first-order chi connectivity index (χ1) is 8.10. The second kappa shape index (κ2) is 4.90. The molecule has 0 aromatic rings. The van der Waals surface area contributed by atoms with Crippen molar-refractivity contribution in [2.24, 2.45) is 10.7 Å². The van der Waals surface area contributed by atoms with Crippen molar-refractivity contribution in [3.8, 4) is 0 Å². The van der Waals surface area contributed by atoms with Crippen LogP contribution < -0.4 is 5.73 Å². The molecule has 0 aromatic heterocycles. The SMILES string of the molecule is C=N/C(C)=C(\C=C(/C)N)B1OC(C)(C)C(C)(C)O1. The molecule has 1 aliphatic heterocycles. The first kappa shape index (κ1) is 15.0. The van der Waals surface area contributed by atoms with Gasteiger partial charge in [-0.15, -0.1) is 0 Å². The molecule has 0 bridgehead atoms. The second-order valence-corrected chi connectivity index (χ2v) is 5.68. The zero-order valence-corrected chi connectivity index (χ0v) is 12.2. The van der Waals surface area contributed by atoms with Gasteiger partial charge in [0, 0.05) is 16.9 Å². The summed E-state index contributed by atoms with van der Waals surface area (Å²) in [6.07, 6.45) is 1.83. The van der Waals surface area contributed by atoms with Crippen LogP contribution in [0.1, 0.15) is 41.5 Å². The Kier molecular flexibility index (Phi) is 4.08. The Labute approximate surface area is 110 Å². The topological polar surface area (TPSA) is 56.8 Å². The van der Waals surface area contributed by atoms with E-state index in [4.69, 9.17) is 15.0 Å². The van der Waals surface area contributed by atoms with Crippen molar-refractivity contribution in [1.29, 1.82) is 0 Å². The Morgan fingerprint density at radius 1 is 1.17 bits per heavy atom. The Balaban J connectivity index is 3.14. The third-order valence-electron chi connectivity index (χ3n) is 3.55. The van der Waals surface area contributed by atoms with Crippen molar-refractivity contribution in [1.82, 2.24) is 0 Å². The highest BCUT2D eigenvalue weighted by atomic mass is 16.7. The molecule has 2 N–H and O–H groups in total. The second-order valence-electron chi connectivity index (χ2n) is 5.68. The number of nitrogens with two attached hydrogens (primary N) is 1. The number of aliphatic imine (C=N–C) groups is 1. The molecule has 18 heavy (non-hydrogen) atoms. The molecule has 1 rings (SSSR count). The highest BCUT2D eigenvalue weighted by Crippen LogP contribution is 2.39. The molecular weight excluding hydrogens is 227 g/mol. The van der Waals surface area contributed by atoms with E-state index in [2.05, 4.69) is 11.7 Å². The van der Waals surface area contributed by atoms with Gasteiger partial charge in [0.15, 0.2) is 0 Å². The quantitative estimate of drug-likeness (QED) is 0.475. The zero-order valence-electron chi connectivity index (χ0n) is 12.2. The molecule has 1 heterocycles. The van der Waals surface area contributed by atoms with Crippen molar-refractivity contribution >= 4 is 13.8 Å². The predicted octanol–water partition coefficient (Wildman–Crippen LogP) is 2.45. The minimum absolute atomic E-state index is 0.374. The fourth-order valence-electron chi connectivity index (χ4n) is 1.65. The molecule has 0 spiro atoms. The van der Waals surface area contributed by atoms with Crippen molar-refractivity contribution < 1.29 is 9.31 Å². The molecule has 0 unspecified atom stereocenters. The van der Waals surface area contributed by atoms with E-state index in [0.29, 0.717) is 5.70 Å². The number of hydrogen-bond acceptors (Lipinski definition) is 4. The van der Waals surface area contributed by atoms with Crippen LogP contribution in [0.4, 0.5) is 0 Å². The Morgan fingerprint density at radius 3 is 1.94 bits per heavy atom. The van der Waals surface area contributed by atoms with Gasteiger partial charge in [-0.05, 0) is 54.3 Å². The average Bonchev–Trinajstić information content (AvgIpc) is 2.43. The summed E-state index contributed by atoms with van der Waals surface area (Å²) < 4.78 is 12.0. The van der Waals surface area contributed by atoms with E-state index in [1.165, 1.54) is 0 Å². The summed E-state index contributed by atoms with van der Waals surface area (Å²) >= 11 is 0. The number of nitrogens with zero attached hydrogens (tertiary/aromatic N) is 1. The molecule has 0 amide bonds. The lowest BCUT2D eigenvalue weighted by Gasteiger charge is -2.32. The van der Waals surface area contributed by atoms with Crippen LogP contribution in [0, 0.1) is 0 Å². The lowest BCUT2D eigenvalue weighted by Crippen LogP contribution is -2.41. The maximum absolute atomic E-state index is 5.98. The average molecular weight is 250 g/mol. The smallest absolute Gasteiger partial charge is 0.402 e. The van der Waals surface area contributed by atoms with E-state index in [-0.39, 0.29) is 11.2 Å². The molecular formula is C13H23BN2O2. The van der Waals surface area contributed by atoms with E-state index in [1.807, 2.05) is 47.6 Å². The van der Waals surface area contributed by atoms with Crippen LogP contribution in [0.5, 0.6) is 0 Å². The third-order valence-corrected chi connectivity index (χ3v) is 3.55. The summed E-state index contributed by atoms with van der Waals surface area (Å²) in [6, 6.07) is 0. The van der Waals surface area contributed by atoms with E-state index in [9.17, 15) is 0 Å². The molecule has 4 nitrogen and oxygen atoms in total. The fraction of sp³-hybridized carbons (Fsp3) is 0.615. The van der Waals surface area contributed by atoms with Gasteiger partial charge in [-0.25, -0.2) is 0 Å². The zero-order chi connectivity index (χ0) is 14.1. The minimum atomic E-state index is -0.459. The lowest BCUT2D eigenvalue weighted by atomic mass is 9.76. The van der Waals surface area contributed by atoms with E-state index >= 15 is 0 Å². The molecule has 0 aliphatic carbocycles. The summed E-state index contributed by atoms with van der Waals surface area (Å²) in [6.45, 7) is 15.3. The minimum Gasteiger partial charge on any atom is -0.402 e. The number of allylic oxidation sites excluding steroid dienone is 4. The third kappa shape index (κ3) is 2.84. The van der Waals surface area contributed by atoms with Crippen LogP contribution in [-0.2, 0) is 9.31 Å². The van der Waals surface area contributed by atoms with Gasteiger partial charge in [0.2, 0.25) is 0 Å². The lowest BCUT2D eigenvalue weighted by molar-refractivity contribution is 0.00578. The maximum atomic E-state index is 5.98. The fourth-order valence-corrected chi connectivity index (χ4v) is 1.65. The normalized spacial score (nSPS) is 23.9. The van der Waals surface area contributed by atoms with E-state index in [1.54, 1.807) is 0 Å². The van der Waals surface area contributed by atoms with Crippen molar-refractivity contribution in [2.45, 2.75) is 52.7 Å².